The van der Waals surface area contributed by atoms with Gasteiger partial charge in [-0.15, -0.1) is 0 Å². The lowest BCUT2D eigenvalue weighted by atomic mass is 9.90. The van der Waals surface area contributed by atoms with Crippen molar-refractivity contribution in [3.63, 3.8) is 0 Å². The zero-order valence-electron chi connectivity index (χ0n) is 21.1. The molecule has 2 aliphatic rings. The van der Waals surface area contributed by atoms with Crippen LogP contribution in [0.5, 0.6) is 0 Å². The largest absolute Gasteiger partial charge is 0.347 e. The molecule has 1 aromatic heterocycles. The van der Waals surface area contributed by atoms with Crippen LogP contribution >= 0.6 is 23.2 Å². The number of nitrogens with zero attached hydrogens (tertiary/aromatic N) is 3. The highest BCUT2D eigenvalue weighted by Gasteiger charge is 2.21. The number of fused-ring (bicyclic) bond motifs is 1. The molecule has 1 aliphatic carbocycles. The summed E-state index contributed by atoms with van der Waals surface area (Å²) in [5.74, 6) is 0.436. The van der Waals surface area contributed by atoms with Gasteiger partial charge in [0.2, 0.25) is 0 Å². The fraction of sp³-hybridized carbons (Fsp3) is 0.400. The van der Waals surface area contributed by atoms with Crippen LogP contribution in [0.25, 0.3) is 10.9 Å². The molecule has 1 aliphatic heterocycles. The Morgan fingerprint density at radius 1 is 0.972 bits per heavy atom. The topological polar surface area (TPSA) is 37.4 Å². The second-order valence-electron chi connectivity index (χ2n) is 10.2. The molecule has 0 amide bonds. The maximum Gasteiger partial charge on any atom is 0.0483 e. The number of nitrogens with two attached hydrogens (primary N) is 1. The Morgan fingerprint density at radius 2 is 1.69 bits per heavy atom. The number of aryl methyl sites for hydroxylation is 1. The molecule has 1 unspecified atom stereocenters. The fourth-order valence-electron chi connectivity index (χ4n) is 5.44. The van der Waals surface area contributed by atoms with Gasteiger partial charge in [-0.1, -0.05) is 59.1 Å². The summed E-state index contributed by atoms with van der Waals surface area (Å²) in [5.41, 5.74) is 12.4. The first kappa shape index (κ1) is 25.6. The van der Waals surface area contributed by atoms with E-state index in [4.69, 9.17) is 28.9 Å². The average molecular weight is 524 g/mol. The summed E-state index contributed by atoms with van der Waals surface area (Å²) in [6.45, 7) is 9.76. The molecular weight excluding hydrogens is 487 g/mol. The number of halogens is 2. The SMILES string of the molecule is CC1=CCC(c2cn(CCCN)c3ccc(CN4CCN(Cc5c(Cl)cccc5Cl)CC4)cc23)C=C1. The van der Waals surface area contributed by atoms with Gasteiger partial charge in [-0.25, -0.2) is 0 Å². The zero-order chi connectivity index (χ0) is 25.1. The molecule has 2 N–H and O–H groups in total. The summed E-state index contributed by atoms with van der Waals surface area (Å²) < 4.78 is 2.40. The monoisotopic (exact) mass is 522 g/mol. The number of allylic oxidation sites excluding steroid dienone is 4. The van der Waals surface area contributed by atoms with Crippen LogP contribution in [0.4, 0.5) is 0 Å². The molecule has 2 aromatic carbocycles. The van der Waals surface area contributed by atoms with Crippen molar-refractivity contribution in [1.29, 1.82) is 0 Å². The van der Waals surface area contributed by atoms with Gasteiger partial charge in [0, 0.05) is 84.4 Å². The van der Waals surface area contributed by atoms with Crippen molar-refractivity contribution in [2.45, 2.75) is 45.3 Å². The van der Waals surface area contributed by atoms with Crippen LogP contribution in [0.1, 0.15) is 42.4 Å². The summed E-state index contributed by atoms with van der Waals surface area (Å²) in [6.07, 6.45) is 11.4. The average Bonchev–Trinajstić information content (AvgIpc) is 3.24. The van der Waals surface area contributed by atoms with Gasteiger partial charge in [0.1, 0.15) is 0 Å². The summed E-state index contributed by atoms with van der Waals surface area (Å²) in [5, 5.41) is 2.90. The van der Waals surface area contributed by atoms with Gasteiger partial charge in [0.05, 0.1) is 0 Å². The number of benzene rings is 2. The number of piperazine rings is 1. The van der Waals surface area contributed by atoms with E-state index in [1.54, 1.807) is 0 Å². The van der Waals surface area contributed by atoms with E-state index in [1.165, 1.54) is 27.6 Å². The van der Waals surface area contributed by atoms with Crippen LogP contribution in [-0.2, 0) is 19.6 Å². The van der Waals surface area contributed by atoms with Gasteiger partial charge < -0.3 is 10.3 Å². The van der Waals surface area contributed by atoms with Crippen molar-refractivity contribution < 1.29 is 0 Å². The first-order valence-corrected chi connectivity index (χ1v) is 13.8. The minimum atomic E-state index is 0.436. The van der Waals surface area contributed by atoms with Crippen molar-refractivity contribution in [2.24, 2.45) is 5.73 Å². The van der Waals surface area contributed by atoms with Gasteiger partial charge in [0.15, 0.2) is 0 Å². The van der Waals surface area contributed by atoms with Gasteiger partial charge in [0.25, 0.3) is 0 Å². The van der Waals surface area contributed by atoms with E-state index in [2.05, 4.69) is 63.9 Å². The van der Waals surface area contributed by atoms with Crippen LogP contribution in [-0.4, -0.2) is 47.1 Å². The summed E-state index contributed by atoms with van der Waals surface area (Å²) in [6, 6.07) is 12.8. The Bertz CT molecular complexity index is 1250. The lowest BCUT2D eigenvalue weighted by molar-refractivity contribution is 0.122. The highest BCUT2D eigenvalue weighted by atomic mass is 35.5. The quantitative estimate of drug-likeness (QED) is 0.361. The third kappa shape index (κ3) is 5.74. The molecular formula is C30H36Cl2N4. The molecule has 0 radical (unpaired) electrons. The van der Waals surface area contributed by atoms with Crippen LogP contribution < -0.4 is 5.73 Å². The van der Waals surface area contributed by atoms with E-state index >= 15 is 0 Å². The Balaban J connectivity index is 1.29. The summed E-state index contributed by atoms with van der Waals surface area (Å²) >= 11 is 12.8. The van der Waals surface area contributed by atoms with Gasteiger partial charge in [-0.05, 0) is 61.7 Å². The van der Waals surface area contributed by atoms with Crippen molar-refractivity contribution in [2.75, 3.05) is 32.7 Å². The lowest BCUT2D eigenvalue weighted by Gasteiger charge is -2.35. The molecule has 3 aromatic rings. The highest BCUT2D eigenvalue weighted by Crippen LogP contribution is 2.34. The molecule has 1 fully saturated rings. The number of aromatic nitrogens is 1. The molecule has 0 saturated carbocycles. The molecule has 1 atom stereocenters. The molecule has 36 heavy (non-hydrogen) atoms. The summed E-state index contributed by atoms with van der Waals surface area (Å²) in [4.78, 5) is 5.01. The molecule has 0 bridgehead atoms. The standard InChI is InChI=1S/C30H36Cl2N4/c1-22-6-9-24(10-7-22)26-21-36(13-3-12-33)30-11-8-23(18-25(26)30)19-34-14-16-35(17-15-34)20-27-28(31)4-2-5-29(27)32/h2,4-9,11,18,21,24H,3,10,12-17,19-20,33H2,1H3. The molecule has 190 valence electrons. The number of hydrogen-bond donors (Lipinski definition) is 1. The van der Waals surface area contributed by atoms with E-state index in [1.807, 2.05) is 18.2 Å². The van der Waals surface area contributed by atoms with Crippen LogP contribution in [0.3, 0.4) is 0 Å². The number of rotatable bonds is 8. The van der Waals surface area contributed by atoms with Crippen LogP contribution in [0.2, 0.25) is 10.0 Å². The maximum absolute atomic E-state index is 6.40. The van der Waals surface area contributed by atoms with E-state index < -0.39 is 0 Å². The maximum atomic E-state index is 6.40. The normalized spacial score (nSPS) is 19.2. The van der Waals surface area contributed by atoms with Gasteiger partial charge in [-0.3, -0.25) is 9.80 Å². The molecule has 6 heteroatoms. The Labute approximate surface area is 225 Å². The van der Waals surface area contributed by atoms with Crippen molar-refractivity contribution in [1.82, 2.24) is 14.4 Å². The summed E-state index contributed by atoms with van der Waals surface area (Å²) in [7, 11) is 0. The molecule has 4 nitrogen and oxygen atoms in total. The van der Waals surface area contributed by atoms with E-state index in [0.29, 0.717) is 12.5 Å². The Hall–Kier alpha value is -2.08. The minimum Gasteiger partial charge on any atom is -0.347 e. The van der Waals surface area contributed by atoms with Gasteiger partial charge in [-0.2, -0.15) is 0 Å². The molecule has 2 heterocycles. The third-order valence-corrected chi connectivity index (χ3v) is 8.29. The van der Waals surface area contributed by atoms with E-state index in [9.17, 15) is 0 Å². The van der Waals surface area contributed by atoms with E-state index in [-0.39, 0.29) is 0 Å². The predicted octanol–water partition coefficient (Wildman–Crippen LogP) is 6.60. The number of hydrogen-bond acceptors (Lipinski definition) is 3. The first-order valence-electron chi connectivity index (χ1n) is 13.1. The molecule has 5 rings (SSSR count). The molecule has 0 spiro atoms. The second kappa shape index (κ2) is 11.5. The van der Waals surface area contributed by atoms with Crippen molar-refractivity contribution in [3.05, 3.63) is 93.1 Å². The zero-order valence-corrected chi connectivity index (χ0v) is 22.6. The fourth-order valence-corrected chi connectivity index (χ4v) is 5.96. The third-order valence-electron chi connectivity index (χ3n) is 7.58. The van der Waals surface area contributed by atoms with Gasteiger partial charge >= 0.3 is 0 Å². The van der Waals surface area contributed by atoms with Crippen LogP contribution in [0, 0.1) is 0 Å². The minimum absolute atomic E-state index is 0.436. The Kier molecular flexibility index (Phi) is 8.19. The first-order chi connectivity index (χ1) is 17.5. The van der Waals surface area contributed by atoms with Crippen molar-refractivity contribution in [3.8, 4) is 0 Å². The second-order valence-corrected chi connectivity index (χ2v) is 11.0. The predicted molar refractivity (Wildman–Crippen MR) is 153 cm³/mol. The van der Waals surface area contributed by atoms with Crippen LogP contribution in [0.15, 0.2) is 66.4 Å². The molecule has 1 saturated heterocycles. The van der Waals surface area contributed by atoms with E-state index in [0.717, 1.165) is 74.3 Å². The Morgan fingerprint density at radius 3 is 2.36 bits per heavy atom. The van der Waals surface area contributed by atoms with Crippen molar-refractivity contribution >= 4 is 34.1 Å². The smallest absolute Gasteiger partial charge is 0.0483 e. The lowest BCUT2D eigenvalue weighted by Crippen LogP contribution is -2.45. The highest BCUT2D eigenvalue weighted by molar-refractivity contribution is 6.35.